The van der Waals surface area contributed by atoms with E-state index in [-0.39, 0.29) is 6.61 Å². The van der Waals surface area contributed by atoms with Gasteiger partial charge in [-0.25, -0.2) is 9.59 Å². The largest absolute Gasteiger partial charge is 0.493 e. The number of carbonyl (C=O) groups is 2. The number of ether oxygens (including phenoxy) is 2. The van der Waals surface area contributed by atoms with Crippen LogP contribution >= 0.6 is 0 Å². The number of hydrogen-bond donors (Lipinski definition) is 2. The molecule has 0 spiro atoms. The van der Waals surface area contributed by atoms with Crippen LogP contribution in [0.4, 0.5) is 4.79 Å². The molecule has 1 amide bonds. The summed E-state index contributed by atoms with van der Waals surface area (Å²) < 4.78 is 10.6. The van der Waals surface area contributed by atoms with Crippen LogP contribution < -0.4 is 10.1 Å². The number of hydrogen-bond acceptors (Lipinski definition) is 4. The van der Waals surface area contributed by atoms with E-state index in [4.69, 9.17) is 9.47 Å². The van der Waals surface area contributed by atoms with E-state index in [1.54, 1.807) is 24.3 Å². The van der Waals surface area contributed by atoms with Crippen molar-refractivity contribution in [1.29, 1.82) is 0 Å². The topological polar surface area (TPSA) is 84.9 Å². The zero-order valence-electron chi connectivity index (χ0n) is 13.3. The Morgan fingerprint density at radius 1 is 1.30 bits per heavy atom. The number of carbonyl (C=O) groups excluding carboxylic acids is 1. The van der Waals surface area contributed by atoms with Crippen molar-refractivity contribution >= 4 is 12.1 Å². The standard InChI is InChI=1S/C17H23NO5/c1-2-3-10-22-17(21)18-15(16(19)20)13-6-8-14(9-7-13)23-11-12-4-5-12/h6-9,12,15H,2-5,10-11H2,1H3,(H,18,21)(H,19,20). The highest BCUT2D eigenvalue weighted by Crippen LogP contribution is 2.29. The van der Waals surface area contributed by atoms with Crippen molar-refractivity contribution < 1.29 is 24.2 Å². The molecule has 0 radical (unpaired) electrons. The number of benzene rings is 1. The molecule has 6 nitrogen and oxygen atoms in total. The van der Waals surface area contributed by atoms with E-state index in [1.165, 1.54) is 12.8 Å². The van der Waals surface area contributed by atoms with Crippen LogP contribution in [0.3, 0.4) is 0 Å². The number of carboxylic acids is 1. The second kappa shape index (κ2) is 8.41. The fourth-order valence-corrected chi connectivity index (χ4v) is 2.01. The highest BCUT2D eigenvalue weighted by molar-refractivity contribution is 5.81. The zero-order valence-corrected chi connectivity index (χ0v) is 13.3. The molecule has 23 heavy (non-hydrogen) atoms. The van der Waals surface area contributed by atoms with Gasteiger partial charge < -0.3 is 19.9 Å². The van der Waals surface area contributed by atoms with Gasteiger partial charge in [-0.05, 0) is 42.9 Å². The van der Waals surface area contributed by atoms with Gasteiger partial charge in [-0.2, -0.15) is 0 Å². The third-order valence-electron chi connectivity index (χ3n) is 3.64. The molecule has 126 valence electrons. The molecule has 2 rings (SSSR count). The smallest absolute Gasteiger partial charge is 0.408 e. The summed E-state index contributed by atoms with van der Waals surface area (Å²) in [4.78, 5) is 23.0. The third kappa shape index (κ3) is 5.81. The summed E-state index contributed by atoms with van der Waals surface area (Å²) in [7, 11) is 0. The number of nitrogens with one attached hydrogen (secondary N) is 1. The number of rotatable bonds is 9. The van der Waals surface area contributed by atoms with E-state index in [2.05, 4.69) is 5.32 Å². The molecule has 6 heteroatoms. The van der Waals surface area contributed by atoms with Gasteiger partial charge in [0, 0.05) is 0 Å². The van der Waals surface area contributed by atoms with Crippen molar-refractivity contribution in [3.05, 3.63) is 29.8 Å². The zero-order chi connectivity index (χ0) is 16.7. The molecule has 1 fully saturated rings. The van der Waals surface area contributed by atoms with Crippen molar-refractivity contribution in [2.45, 2.75) is 38.6 Å². The minimum Gasteiger partial charge on any atom is -0.493 e. The Hall–Kier alpha value is -2.24. The molecule has 0 aromatic heterocycles. The fourth-order valence-electron chi connectivity index (χ4n) is 2.01. The molecule has 1 aromatic carbocycles. The molecular weight excluding hydrogens is 298 g/mol. The summed E-state index contributed by atoms with van der Waals surface area (Å²) in [5.41, 5.74) is 0.476. The van der Waals surface area contributed by atoms with Gasteiger partial charge in [0.05, 0.1) is 13.2 Å². The maximum Gasteiger partial charge on any atom is 0.408 e. The van der Waals surface area contributed by atoms with Crippen LogP contribution in [-0.4, -0.2) is 30.4 Å². The summed E-state index contributed by atoms with van der Waals surface area (Å²) in [6.07, 6.45) is 3.35. The predicted molar refractivity (Wildman–Crippen MR) is 84.4 cm³/mol. The lowest BCUT2D eigenvalue weighted by molar-refractivity contribution is -0.139. The first-order valence-corrected chi connectivity index (χ1v) is 7.99. The molecule has 1 atom stereocenters. The average Bonchev–Trinajstić information content (AvgIpc) is 3.35. The fraction of sp³-hybridized carbons (Fsp3) is 0.529. The first-order valence-electron chi connectivity index (χ1n) is 7.99. The number of alkyl carbamates (subject to hydrolysis) is 1. The van der Waals surface area contributed by atoms with E-state index in [1.807, 2.05) is 6.92 Å². The molecule has 1 aromatic rings. The van der Waals surface area contributed by atoms with E-state index in [0.717, 1.165) is 12.8 Å². The van der Waals surface area contributed by atoms with E-state index < -0.39 is 18.1 Å². The molecule has 0 bridgehead atoms. The Labute approximate surface area is 135 Å². The number of aliphatic carboxylic acids is 1. The van der Waals surface area contributed by atoms with Gasteiger partial charge in [-0.3, -0.25) is 0 Å². The normalized spacial score (nSPS) is 14.8. The minimum atomic E-state index is -1.14. The van der Waals surface area contributed by atoms with E-state index in [9.17, 15) is 14.7 Å². The highest BCUT2D eigenvalue weighted by atomic mass is 16.5. The van der Waals surface area contributed by atoms with E-state index >= 15 is 0 Å². The molecule has 0 heterocycles. The number of carboxylic acid groups (broad SMARTS) is 1. The van der Waals surface area contributed by atoms with Gasteiger partial charge in [-0.15, -0.1) is 0 Å². The molecule has 1 unspecified atom stereocenters. The first kappa shape index (κ1) is 17.1. The second-order valence-electron chi connectivity index (χ2n) is 5.73. The van der Waals surface area contributed by atoms with Crippen molar-refractivity contribution in [1.82, 2.24) is 5.32 Å². The van der Waals surface area contributed by atoms with Crippen LogP contribution in [0.5, 0.6) is 5.75 Å². The van der Waals surface area contributed by atoms with Crippen LogP contribution in [0.15, 0.2) is 24.3 Å². The minimum absolute atomic E-state index is 0.280. The van der Waals surface area contributed by atoms with Gasteiger partial charge >= 0.3 is 12.1 Å². The van der Waals surface area contributed by atoms with Gasteiger partial charge in [0.25, 0.3) is 0 Å². The Kier molecular flexibility index (Phi) is 6.26. The first-order chi connectivity index (χ1) is 11.1. The summed E-state index contributed by atoms with van der Waals surface area (Å²) in [5, 5.41) is 11.7. The predicted octanol–water partition coefficient (Wildman–Crippen LogP) is 3.13. The lowest BCUT2D eigenvalue weighted by Crippen LogP contribution is -2.34. The summed E-state index contributed by atoms with van der Waals surface area (Å²) in [5.74, 6) is 0.223. The van der Waals surface area contributed by atoms with Gasteiger partial charge in [0.15, 0.2) is 6.04 Å². The van der Waals surface area contributed by atoms with Crippen molar-refractivity contribution in [3.8, 4) is 5.75 Å². The van der Waals surface area contributed by atoms with Crippen LogP contribution in [0.2, 0.25) is 0 Å². The van der Waals surface area contributed by atoms with Crippen molar-refractivity contribution in [2.24, 2.45) is 5.92 Å². The maximum atomic E-state index is 11.6. The number of unbranched alkanes of at least 4 members (excludes halogenated alkanes) is 1. The Bertz CT molecular complexity index is 524. The summed E-state index contributed by atoms with van der Waals surface area (Å²) in [6.45, 7) is 2.96. The van der Waals surface area contributed by atoms with Gasteiger partial charge in [0.2, 0.25) is 0 Å². The van der Waals surface area contributed by atoms with Crippen LogP contribution in [-0.2, 0) is 9.53 Å². The lowest BCUT2D eigenvalue weighted by atomic mass is 10.1. The van der Waals surface area contributed by atoms with Crippen LogP contribution in [0, 0.1) is 5.92 Å². The highest BCUT2D eigenvalue weighted by Gasteiger charge is 2.24. The summed E-state index contributed by atoms with van der Waals surface area (Å²) >= 11 is 0. The van der Waals surface area contributed by atoms with Crippen molar-refractivity contribution in [2.75, 3.05) is 13.2 Å². The molecule has 1 aliphatic rings. The molecule has 1 aliphatic carbocycles. The molecular formula is C17H23NO5. The monoisotopic (exact) mass is 321 g/mol. The molecule has 0 aliphatic heterocycles. The maximum absolute atomic E-state index is 11.6. The third-order valence-corrected chi connectivity index (χ3v) is 3.64. The molecule has 0 saturated heterocycles. The Balaban J connectivity index is 1.90. The quantitative estimate of drug-likeness (QED) is 0.683. The molecule has 2 N–H and O–H groups in total. The lowest BCUT2D eigenvalue weighted by Gasteiger charge is -2.15. The Morgan fingerprint density at radius 2 is 2.00 bits per heavy atom. The van der Waals surface area contributed by atoms with Crippen LogP contribution in [0.1, 0.15) is 44.2 Å². The second-order valence-corrected chi connectivity index (χ2v) is 5.73. The number of amides is 1. The van der Waals surface area contributed by atoms with Gasteiger partial charge in [-0.1, -0.05) is 25.5 Å². The Morgan fingerprint density at radius 3 is 2.57 bits per heavy atom. The van der Waals surface area contributed by atoms with Gasteiger partial charge in [0.1, 0.15) is 5.75 Å². The van der Waals surface area contributed by atoms with E-state index in [0.29, 0.717) is 23.8 Å². The van der Waals surface area contributed by atoms with Crippen LogP contribution in [0.25, 0.3) is 0 Å². The van der Waals surface area contributed by atoms with Crippen molar-refractivity contribution in [3.63, 3.8) is 0 Å². The molecule has 1 saturated carbocycles. The average molecular weight is 321 g/mol. The SMILES string of the molecule is CCCCOC(=O)NC(C(=O)O)c1ccc(OCC2CC2)cc1. The summed E-state index contributed by atoms with van der Waals surface area (Å²) in [6, 6.07) is 5.59.